The monoisotopic (exact) mass is 259 g/mol. The molecule has 0 N–H and O–H groups in total. The average Bonchev–Trinajstić information content (AvgIpc) is 2.32. The number of hydrogen-bond donors (Lipinski definition) is 0. The third-order valence-corrected chi connectivity index (χ3v) is 4.60. The number of alkyl halides is 1. The van der Waals surface area contributed by atoms with Crippen LogP contribution in [0.15, 0.2) is 0 Å². The normalized spacial score (nSPS) is 26.3. The molecule has 0 amide bonds. The molecule has 17 heavy (non-hydrogen) atoms. The highest BCUT2D eigenvalue weighted by atomic mass is 35.5. The molecule has 0 saturated carbocycles. The standard InChI is InChI=1S/C15H30ClN/c1-3-4-5-6-7-8-9-11-17-12-10-14(2)15(16)13-17/h14-15H,3-13H2,1-2H3. The Hall–Kier alpha value is 0.250. The van der Waals surface area contributed by atoms with Gasteiger partial charge in [-0.15, -0.1) is 11.6 Å². The summed E-state index contributed by atoms with van der Waals surface area (Å²) in [4.78, 5) is 2.56. The summed E-state index contributed by atoms with van der Waals surface area (Å²) in [6.45, 7) is 8.20. The maximum absolute atomic E-state index is 6.32. The molecule has 1 heterocycles. The van der Waals surface area contributed by atoms with E-state index in [-0.39, 0.29) is 0 Å². The van der Waals surface area contributed by atoms with E-state index in [1.807, 2.05) is 0 Å². The van der Waals surface area contributed by atoms with Crippen molar-refractivity contribution in [2.24, 2.45) is 5.92 Å². The molecular formula is C15H30ClN. The maximum atomic E-state index is 6.32. The molecule has 2 unspecified atom stereocenters. The second-order valence-electron chi connectivity index (χ2n) is 5.70. The van der Waals surface area contributed by atoms with Gasteiger partial charge in [-0.05, 0) is 31.8 Å². The van der Waals surface area contributed by atoms with Crippen molar-refractivity contribution in [3.05, 3.63) is 0 Å². The minimum absolute atomic E-state index is 0.383. The van der Waals surface area contributed by atoms with Crippen molar-refractivity contribution < 1.29 is 0 Å². The maximum Gasteiger partial charge on any atom is 0.0489 e. The van der Waals surface area contributed by atoms with Crippen molar-refractivity contribution in [2.75, 3.05) is 19.6 Å². The molecule has 1 fully saturated rings. The second kappa shape index (κ2) is 9.22. The van der Waals surface area contributed by atoms with Gasteiger partial charge in [-0.3, -0.25) is 0 Å². The molecule has 1 nitrogen and oxygen atoms in total. The number of unbranched alkanes of at least 4 members (excludes halogenated alkanes) is 6. The molecule has 0 aromatic carbocycles. The van der Waals surface area contributed by atoms with E-state index in [9.17, 15) is 0 Å². The Morgan fingerprint density at radius 3 is 2.35 bits per heavy atom. The molecule has 1 saturated heterocycles. The van der Waals surface area contributed by atoms with Crippen molar-refractivity contribution in [1.29, 1.82) is 0 Å². The Morgan fingerprint density at radius 1 is 1.06 bits per heavy atom. The highest BCUT2D eigenvalue weighted by Gasteiger charge is 2.23. The summed E-state index contributed by atoms with van der Waals surface area (Å²) in [5.41, 5.74) is 0. The smallest absolute Gasteiger partial charge is 0.0489 e. The quantitative estimate of drug-likeness (QED) is 0.452. The molecule has 0 spiro atoms. The number of piperidine rings is 1. The van der Waals surface area contributed by atoms with Gasteiger partial charge in [0.1, 0.15) is 0 Å². The van der Waals surface area contributed by atoms with Crippen LogP contribution in [0.1, 0.15) is 65.2 Å². The van der Waals surface area contributed by atoms with E-state index < -0.39 is 0 Å². The molecule has 2 atom stereocenters. The predicted molar refractivity (Wildman–Crippen MR) is 77.9 cm³/mol. The van der Waals surface area contributed by atoms with Gasteiger partial charge in [-0.25, -0.2) is 0 Å². The van der Waals surface area contributed by atoms with E-state index in [0.717, 1.165) is 6.54 Å². The minimum Gasteiger partial charge on any atom is -0.302 e. The van der Waals surface area contributed by atoms with Gasteiger partial charge in [0.05, 0.1) is 0 Å². The fourth-order valence-electron chi connectivity index (χ4n) is 2.58. The minimum atomic E-state index is 0.383. The van der Waals surface area contributed by atoms with Crippen LogP contribution in [-0.4, -0.2) is 29.9 Å². The Labute approximate surface area is 113 Å². The van der Waals surface area contributed by atoms with Gasteiger partial charge in [0.25, 0.3) is 0 Å². The molecule has 1 aliphatic rings. The van der Waals surface area contributed by atoms with E-state index in [1.165, 1.54) is 64.5 Å². The highest BCUT2D eigenvalue weighted by Crippen LogP contribution is 2.22. The third-order valence-electron chi connectivity index (χ3n) is 4.03. The lowest BCUT2D eigenvalue weighted by molar-refractivity contribution is 0.193. The first kappa shape index (κ1) is 15.3. The molecule has 0 aromatic rings. The summed E-state index contributed by atoms with van der Waals surface area (Å²) < 4.78 is 0. The Kier molecular flexibility index (Phi) is 8.30. The van der Waals surface area contributed by atoms with Crippen molar-refractivity contribution in [3.63, 3.8) is 0 Å². The molecule has 0 aliphatic carbocycles. The predicted octanol–water partition coefficient (Wildman–Crippen LogP) is 4.69. The van der Waals surface area contributed by atoms with Gasteiger partial charge < -0.3 is 4.90 Å². The molecule has 1 aliphatic heterocycles. The van der Waals surface area contributed by atoms with E-state index in [2.05, 4.69) is 18.7 Å². The fourth-order valence-corrected chi connectivity index (χ4v) is 2.90. The van der Waals surface area contributed by atoms with Gasteiger partial charge in [-0.2, -0.15) is 0 Å². The topological polar surface area (TPSA) is 3.24 Å². The molecule has 102 valence electrons. The Morgan fingerprint density at radius 2 is 1.71 bits per heavy atom. The Balaban J connectivity index is 1.92. The number of likely N-dealkylation sites (tertiary alicyclic amines) is 1. The van der Waals surface area contributed by atoms with Crippen LogP contribution in [0.4, 0.5) is 0 Å². The summed E-state index contributed by atoms with van der Waals surface area (Å²) in [7, 11) is 0. The van der Waals surface area contributed by atoms with Crippen LogP contribution >= 0.6 is 11.6 Å². The zero-order chi connectivity index (χ0) is 12.5. The molecular weight excluding hydrogens is 230 g/mol. The van der Waals surface area contributed by atoms with Crippen molar-refractivity contribution in [3.8, 4) is 0 Å². The molecule has 0 bridgehead atoms. The van der Waals surface area contributed by atoms with Gasteiger partial charge in [0.15, 0.2) is 0 Å². The van der Waals surface area contributed by atoms with Crippen LogP contribution in [0.2, 0.25) is 0 Å². The van der Waals surface area contributed by atoms with Crippen molar-refractivity contribution in [2.45, 2.75) is 70.6 Å². The number of rotatable bonds is 8. The summed E-state index contributed by atoms with van der Waals surface area (Å²) >= 11 is 6.32. The molecule has 0 aromatic heterocycles. The van der Waals surface area contributed by atoms with E-state index in [1.54, 1.807) is 0 Å². The Bertz CT molecular complexity index is 184. The lowest BCUT2D eigenvalue weighted by Crippen LogP contribution is -2.40. The third kappa shape index (κ3) is 6.67. The van der Waals surface area contributed by atoms with E-state index in [0.29, 0.717) is 11.3 Å². The van der Waals surface area contributed by atoms with Crippen molar-refractivity contribution in [1.82, 2.24) is 4.90 Å². The van der Waals surface area contributed by atoms with Crippen LogP contribution < -0.4 is 0 Å². The van der Waals surface area contributed by atoms with Crippen molar-refractivity contribution >= 4 is 11.6 Å². The van der Waals surface area contributed by atoms with Gasteiger partial charge in [-0.1, -0.05) is 52.4 Å². The van der Waals surface area contributed by atoms with Gasteiger partial charge in [0.2, 0.25) is 0 Å². The lowest BCUT2D eigenvalue weighted by Gasteiger charge is -2.33. The van der Waals surface area contributed by atoms with Crippen LogP contribution in [-0.2, 0) is 0 Å². The largest absolute Gasteiger partial charge is 0.302 e. The zero-order valence-corrected chi connectivity index (χ0v) is 12.5. The van der Waals surface area contributed by atoms with Crippen LogP contribution in [0.3, 0.4) is 0 Å². The number of hydrogen-bond acceptors (Lipinski definition) is 1. The molecule has 2 heteroatoms. The summed E-state index contributed by atoms with van der Waals surface area (Å²) in [5, 5.41) is 0.383. The fraction of sp³-hybridized carbons (Fsp3) is 1.00. The first-order valence-corrected chi connectivity index (χ1v) is 8.04. The summed E-state index contributed by atoms with van der Waals surface area (Å²) in [6, 6.07) is 0. The summed E-state index contributed by atoms with van der Waals surface area (Å²) in [5.74, 6) is 0.710. The number of halogens is 1. The van der Waals surface area contributed by atoms with Gasteiger partial charge in [0, 0.05) is 11.9 Å². The van der Waals surface area contributed by atoms with Crippen LogP contribution in [0, 0.1) is 5.92 Å². The summed E-state index contributed by atoms with van der Waals surface area (Å²) in [6.07, 6.45) is 11.1. The molecule has 0 radical (unpaired) electrons. The van der Waals surface area contributed by atoms with Crippen LogP contribution in [0.5, 0.6) is 0 Å². The highest BCUT2D eigenvalue weighted by molar-refractivity contribution is 6.21. The first-order valence-electron chi connectivity index (χ1n) is 7.60. The van der Waals surface area contributed by atoms with Gasteiger partial charge >= 0.3 is 0 Å². The van der Waals surface area contributed by atoms with Crippen LogP contribution in [0.25, 0.3) is 0 Å². The number of nitrogens with zero attached hydrogens (tertiary/aromatic N) is 1. The lowest BCUT2D eigenvalue weighted by atomic mass is 9.98. The van der Waals surface area contributed by atoms with E-state index >= 15 is 0 Å². The SMILES string of the molecule is CCCCCCCCCN1CCC(C)C(Cl)C1. The second-order valence-corrected chi connectivity index (χ2v) is 6.26. The first-order chi connectivity index (χ1) is 8.24. The zero-order valence-electron chi connectivity index (χ0n) is 11.8. The van der Waals surface area contributed by atoms with E-state index in [4.69, 9.17) is 11.6 Å². The average molecular weight is 260 g/mol. The molecule has 1 rings (SSSR count).